The number of ketones is 1. The summed E-state index contributed by atoms with van der Waals surface area (Å²) < 4.78 is 5.59. The van der Waals surface area contributed by atoms with Crippen molar-refractivity contribution in [1.82, 2.24) is 0 Å². The summed E-state index contributed by atoms with van der Waals surface area (Å²) in [5.41, 5.74) is 0.961. The predicted molar refractivity (Wildman–Crippen MR) is 69.9 cm³/mol. The van der Waals surface area contributed by atoms with Gasteiger partial charge in [0.15, 0.2) is 5.78 Å². The smallest absolute Gasteiger partial charge is 0.166 e. The molecule has 0 aliphatic carbocycles. The molecule has 0 fully saturated rings. The van der Waals surface area contributed by atoms with Crippen LogP contribution in [0.3, 0.4) is 0 Å². The number of rotatable bonds is 7. The highest BCUT2D eigenvalue weighted by atomic mass is 16.5. The molecule has 0 saturated heterocycles. The van der Waals surface area contributed by atoms with Gasteiger partial charge in [0.2, 0.25) is 0 Å². The van der Waals surface area contributed by atoms with Crippen LogP contribution in [0.25, 0.3) is 0 Å². The number of benzene rings is 1. The van der Waals surface area contributed by atoms with E-state index in [9.17, 15) is 4.79 Å². The first-order chi connectivity index (χ1) is 8.19. The maximum atomic E-state index is 12.2. The van der Waals surface area contributed by atoms with Crippen LogP contribution in [0.1, 0.15) is 45.3 Å². The highest BCUT2D eigenvalue weighted by Crippen LogP contribution is 2.22. The highest BCUT2D eigenvalue weighted by molar-refractivity contribution is 5.84. The van der Waals surface area contributed by atoms with Crippen molar-refractivity contribution in [3.63, 3.8) is 0 Å². The minimum atomic E-state index is -0.393. The second-order valence-corrected chi connectivity index (χ2v) is 4.43. The molecule has 0 aliphatic rings. The molecule has 94 valence electrons. The topological polar surface area (TPSA) is 26.3 Å². The molecular formula is C15H22O2. The number of hydrogen-bond donors (Lipinski definition) is 0. The molecule has 1 aromatic carbocycles. The van der Waals surface area contributed by atoms with Gasteiger partial charge in [0, 0.05) is 13.0 Å². The van der Waals surface area contributed by atoms with Crippen LogP contribution >= 0.6 is 0 Å². The molecule has 0 bridgehead atoms. The monoisotopic (exact) mass is 234 g/mol. The van der Waals surface area contributed by atoms with E-state index in [-0.39, 0.29) is 5.78 Å². The fraction of sp³-hybridized carbons (Fsp3) is 0.533. The average molecular weight is 234 g/mol. The van der Waals surface area contributed by atoms with E-state index in [4.69, 9.17) is 4.74 Å². The minimum absolute atomic E-state index is 0.187. The van der Waals surface area contributed by atoms with Gasteiger partial charge in [-0.25, -0.2) is 0 Å². The van der Waals surface area contributed by atoms with Gasteiger partial charge in [-0.3, -0.25) is 4.79 Å². The molecule has 2 heteroatoms. The van der Waals surface area contributed by atoms with Crippen LogP contribution in [0.4, 0.5) is 0 Å². The molecule has 0 spiro atoms. The number of carbonyl (C=O) groups excluding carboxylic acids is 1. The van der Waals surface area contributed by atoms with Crippen LogP contribution in [0.5, 0.6) is 0 Å². The average Bonchev–Trinajstić information content (AvgIpc) is 2.36. The molecule has 0 aromatic heterocycles. The Hall–Kier alpha value is -1.15. The van der Waals surface area contributed by atoms with Crippen molar-refractivity contribution >= 4 is 5.78 Å². The van der Waals surface area contributed by atoms with Gasteiger partial charge >= 0.3 is 0 Å². The van der Waals surface area contributed by atoms with Crippen molar-refractivity contribution < 1.29 is 9.53 Å². The standard InChI is InChI=1S/C15H22O2/c1-4-12(3)11-14(16)15(17-5-2)13-9-7-6-8-10-13/h6-10,12,15H,4-5,11H2,1-3H3. The second kappa shape index (κ2) is 7.23. The van der Waals surface area contributed by atoms with Crippen LogP contribution in [-0.4, -0.2) is 12.4 Å². The zero-order valence-corrected chi connectivity index (χ0v) is 11.0. The van der Waals surface area contributed by atoms with E-state index in [0.29, 0.717) is 18.9 Å². The van der Waals surface area contributed by atoms with E-state index in [0.717, 1.165) is 12.0 Å². The molecule has 2 atom stereocenters. The maximum absolute atomic E-state index is 12.2. The van der Waals surface area contributed by atoms with Crippen LogP contribution in [0.15, 0.2) is 30.3 Å². The molecular weight excluding hydrogens is 212 g/mol. The Kier molecular flexibility index (Phi) is 5.92. The van der Waals surface area contributed by atoms with Gasteiger partial charge in [-0.15, -0.1) is 0 Å². The quantitative estimate of drug-likeness (QED) is 0.718. The molecule has 1 aromatic rings. The summed E-state index contributed by atoms with van der Waals surface area (Å²) in [6.45, 7) is 6.69. The normalized spacial score (nSPS) is 14.3. The lowest BCUT2D eigenvalue weighted by Gasteiger charge is -2.18. The number of carbonyl (C=O) groups is 1. The summed E-state index contributed by atoms with van der Waals surface area (Å²) in [4.78, 5) is 12.2. The maximum Gasteiger partial charge on any atom is 0.166 e. The third kappa shape index (κ3) is 4.31. The Labute approximate surface area is 104 Å². The first-order valence-electron chi connectivity index (χ1n) is 6.38. The third-order valence-corrected chi connectivity index (χ3v) is 2.97. The molecule has 0 heterocycles. The van der Waals surface area contributed by atoms with Crippen LogP contribution < -0.4 is 0 Å². The number of hydrogen-bond acceptors (Lipinski definition) is 2. The molecule has 1 rings (SSSR count). The fourth-order valence-corrected chi connectivity index (χ4v) is 1.76. The Morgan fingerprint density at radius 2 is 1.88 bits per heavy atom. The van der Waals surface area contributed by atoms with Crippen molar-refractivity contribution in [2.45, 2.75) is 39.7 Å². The summed E-state index contributed by atoms with van der Waals surface area (Å²) in [5.74, 6) is 0.613. The largest absolute Gasteiger partial charge is 0.366 e. The zero-order chi connectivity index (χ0) is 12.7. The summed E-state index contributed by atoms with van der Waals surface area (Å²) >= 11 is 0. The summed E-state index contributed by atoms with van der Waals surface area (Å²) in [6, 6.07) is 9.74. The van der Waals surface area contributed by atoms with Crippen molar-refractivity contribution in [3.8, 4) is 0 Å². The van der Waals surface area contributed by atoms with Gasteiger partial charge in [-0.2, -0.15) is 0 Å². The molecule has 0 radical (unpaired) electrons. The minimum Gasteiger partial charge on any atom is -0.366 e. The molecule has 0 saturated carbocycles. The summed E-state index contributed by atoms with van der Waals surface area (Å²) in [5, 5.41) is 0. The zero-order valence-electron chi connectivity index (χ0n) is 11.0. The molecule has 17 heavy (non-hydrogen) atoms. The lowest BCUT2D eigenvalue weighted by Crippen LogP contribution is -2.18. The van der Waals surface area contributed by atoms with Crippen LogP contribution in [0, 0.1) is 5.92 Å². The van der Waals surface area contributed by atoms with Crippen LogP contribution in [0.2, 0.25) is 0 Å². The van der Waals surface area contributed by atoms with Crippen molar-refractivity contribution in [1.29, 1.82) is 0 Å². The first-order valence-corrected chi connectivity index (χ1v) is 6.38. The van der Waals surface area contributed by atoms with Gasteiger partial charge < -0.3 is 4.74 Å². The van der Waals surface area contributed by atoms with E-state index < -0.39 is 6.10 Å². The third-order valence-electron chi connectivity index (χ3n) is 2.97. The molecule has 2 nitrogen and oxygen atoms in total. The van der Waals surface area contributed by atoms with Gasteiger partial charge in [0.05, 0.1) is 0 Å². The van der Waals surface area contributed by atoms with E-state index in [1.165, 1.54) is 0 Å². The van der Waals surface area contributed by atoms with Crippen molar-refractivity contribution in [3.05, 3.63) is 35.9 Å². The van der Waals surface area contributed by atoms with E-state index >= 15 is 0 Å². The summed E-state index contributed by atoms with van der Waals surface area (Å²) in [7, 11) is 0. The lowest BCUT2D eigenvalue weighted by molar-refractivity contribution is -0.131. The first kappa shape index (κ1) is 13.9. The van der Waals surface area contributed by atoms with Crippen LogP contribution in [-0.2, 0) is 9.53 Å². The molecule has 2 unspecified atom stereocenters. The van der Waals surface area contributed by atoms with Crippen molar-refractivity contribution in [2.24, 2.45) is 5.92 Å². The van der Waals surface area contributed by atoms with E-state index in [2.05, 4.69) is 13.8 Å². The fourth-order valence-electron chi connectivity index (χ4n) is 1.76. The van der Waals surface area contributed by atoms with E-state index in [1.807, 2.05) is 37.3 Å². The number of ether oxygens (including phenoxy) is 1. The molecule has 0 amide bonds. The summed E-state index contributed by atoms with van der Waals surface area (Å²) in [6.07, 6.45) is 1.23. The lowest BCUT2D eigenvalue weighted by atomic mass is 9.96. The van der Waals surface area contributed by atoms with Crippen molar-refractivity contribution in [2.75, 3.05) is 6.61 Å². The molecule has 0 aliphatic heterocycles. The Bertz CT molecular complexity index is 332. The van der Waals surface area contributed by atoms with E-state index in [1.54, 1.807) is 0 Å². The highest BCUT2D eigenvalue weighted by Gasteiger charge is 2.21. The molecule has 0 N–H and O–H groups in total. The predicted octanol–water partition coefficient (Wildman–Crippen LogP) is 3.77. The number of Topliss-reactive ketones (excluding diaryl/α,β-unsaturated/α-hetero) is 1. The SMILES string of the molecule is CCOC(C(=O)CC(C)CC)c1ccccc1. The van der Waals surface area contributed by atoms with Gasteiger partial charge in [0.1, 0.15) is 6.10 Å². The Morgan fingerprint density at radius 1 is 1.24 bits per heavy atom. The Morgan fingerprint density at radius 3 is 2.41 bits per heavy atom. The van der Waals surface area contributed by atoms with Gasteiger partial charge in [-0.1, -0.05) is 50.6 Å². The Balaban J connectivity index is 2.75. The van der Waals surface area contributed by atoms with Gasteiger partial charge in [0.25, 0.3) is 0 Å². The van der Waals surface area contributed by atoms with Gasteiger partial charge in [-0.05, 0) is 18.4 Å². The second-order valence-electron chi connectivity index (χ2n) is 4.43.